The van der Waals surface area contributed by atoms with Crippen molar-refractivity contribution >= 4 is 5.91 Å². The van der Waals surface area contributed by atoms with E-state index < -0.39 is 0 Å². The molecule has 0 spiro atoms. The van der Waals surface area contributed by atoms with Crippen molar-refractivity contribution in [2.45, 2.75) is 20.0 Å². The second kappa shape index (κ2) is 9.53. The van der Waals surface area contributed by atoms with Crippen molar-refractivity contribution in [3.05, 3.63) is 65.2 Å². The smallest absolute Gasteiger partial charge is 0.234 e. The minimum Gasteiger partial charge on any atom is -0.496 e. The van der Waals surface area contributed by atoms with Gasteiger partial charge in [-0.05, 0) is 18.6 Å². The molecule has 2 aromatic rings. The number of ether oxygens (including phenoxy) is 1. The Morgan fingerprint density at radius 2 is 1.74 bits per heavy atom. The van der Waals surface area contributed by atoms with Gasteiger partial charge >= 0.3 is 0 Å². The Hall–Kier alpha value is -2.37. The molecule has 27 heavy (non-hydrogen) atoms. The predicted octanol–water partition coefficient (Wildman–Crippen LogP) is 2.44. The molecule has 5 nitrogen and oxygen atoms in total. The van der Waals surface area contributed by atoms with Crippen LogP contribution in [0, 0.1) is 6.92 Å². The van der Waals surface area contributed by atoms with Crippen LogP contribution < -0.4 is 10.1 Å². The fourth-order valence-electron chi connectivity index (χ4n) is 3.43. The second-order valence-electron chi connectivity index (χ2n) is 7.13. The van der Waals surface area contributed by atoms with Crippen LogP contribution in [0.1, 0.15) is 16.7 Å². The van der Waals surface area contributed by atoms with Crippen molar-refractivity contribution in [1.82, 2.24) is 15.1 Å². The summed E-state index contributed by atoms with van der Waals surface area (Å²) in [6, 6.07) is 16.3. The normalized spacial score (nSPS) is 15.5. The van der Waals surface area contributed by atoms with Crippen LogP contribution in [0.25, 0.3) is 0 Å². The molecule has 0 aromatic heterocycles. The van der Waals surface area contributed by atoms with Gasteiger partial charge in [0.15, 0.2) is 0 Å². The SMILES string of the molecule is COc1ccc(C)cc1CN1CCN(CC(=O)NCc2ccccc2)CC1. The number of methoxy groups -OCH3 is 1. The highest BCUT2D eigenvalue weighted by Gasteiger charge is 2.20. The van der Waals surface area contributed by atoms with Gasteiger partial charge in [0.25, 0.3) is 0 Å². The molecule has 1 fully saturated rings. The summed E-state index contributed by atoms with van der Waals surface area (Å²) in [5.74, 6) is 1.04. The first kappa shape index (κ1) is 19.4. The van der Waals surface area contributed by atoms with E-state index in [0.717, 1.165) is 44.0 Å². The first-order chi connectivity index (χ1) is 13.1. The molecule has 3 rings (SSSR count). The van der Waals surface area contributed by atoms with E-state index in [2.05, 4.69) is 34.2 Å². The van der Waals surface area contributed by atoms with Gasteiger partial charge in [-0.1, -0.05) is 48.0 Å². The lowest BCUT2D eigenvalue weighted by molar-refractivity contribution is -0.122. The summed E-state index contributed by atoms with van der Waals surface area (Å²) in [5, 5.41) is 3.01. The molecule has 2 aromatic carbocycles. The molecule has 144 valence electrons. The molecule has 0 saturated carbocycles. The molecule has 0 atom stereocenters. The Balaban J connectivity index is 1.42. The Kier molecular flexibility index (Phi) is 6.85. The summed E-state index contributed by atoms with van der Waals surface area (Å²) in [6.45, 7) is 7.79. The van der Waals surface area contributed by atoms with Crippen molar-refractivity contribution < 1.29 is 9.53 Å². The zero-order valence-corrected chi connectivity index (χ0v) is 16.3. The van der Waals surface area contributed by atoms with Gasteiger partial charge in [0.2, 0.25) is 5.91 Å². The average Bonchev–Trinajstić information content (AvgIpc) is 2.69. The monoisotopic (exact) mass is 367 g/mol. The Morgan fingerprint density at radius 3 is 2.44 bits per heavy atom. The number of piperazine rings is 1. The van der Waals surface area contributed by atoms with Crippen LogP contribution >= 0.6 is 0 Å². The fraction of sp³-hybridized carbons (Fsp3) is 0.409. The molecule has 1 saturated heterocycles. The summed E-state index contributed by atoms with van der Waals surface area (Å²) in [7, 11) is 1.72. The van der Waals surface area contributed by atoms with Gasteiger partial charge in [-0.15, -0.1) is 0 Å². The van der Waals surface area contributed by atoms with Crippen LogP contribution in [-0.4, -0.2) is 55.5 Å². The molecular formula is C22H29N3O2. The maximum absolute atomic E-state index is 12.2. The molecule has 0 aliphatic carbocycles. The number of hydrogen-bond acceptors (Lipinski definition) is 4. The molecule has 0 bridgehead atoms. The van der Waals surface area contributed by atoms with Crippen LogP contribution in [0.4, 0.5) is 0 Å². The van der Waals surface area contributed by atoms with E-state index in [9.17, 15) is 4.79 Å². The lowest BCUT2D eigenvalue weighted by Crippen LogP contribution is -2.49. The summed E-state index contributed by atoms with van der Waals surface area (Å²) in [5.41, 5.74) is 3.61. The predicted molar refractivity (Wildman–Crippen MR) is 108 cm³/mol. The number of amides is 1. The number of carbonyl (C=O) groups is 1. The van der Waals surface area contributed by atoms with Crippen molar-refractivity contribution in [3.63, 3.8) is 0 Å². The lowest BCUT2D eigenvalue weighted by Gasteiger charge is -2.34. The van der Waals surface area contributed by atoms with E-state index in [1.54, 1.807) is 7.11 Å². The molecule has 1 N–H and O–H groups in total. The summed E-state index contributed by atoms with van der Waals surface area (Å²) in [4.78, 5) is 16.8. The highest BCUT2D eigenvalue weighted by molar-refractivity contribution is 5.78. The lowest BCUT2D eigenvalue weighted by atomic mass is 10.1. The van der Waals surface area contributed by atoms with Crippen molar-refractivity contribution in [2.75, 3.05) is 39.8 Å². The third-order valence-corrected chi connectivity index (χ3v) is 4.99. The first-order valence-corrected chi connectivity index (χ1v) is 9.53. The Bertz CT molecular complexity index is 740. The molecule has 1 aliphatic rings. The summed E-state index contributed by atoms with van der Waals surface area (Å²) < 4.78 is 5.49. The van der Waals surface area contributed by atoms with Gasteiger partial charge < -0.3 is 10.1 Å². The van der Waals surface area contributed by atoms with E-state index in [1.807, 2.05) is 36.4 Å². The third kappa shape index (κ3) is 5.81. The first-order valence-electron chi connectivity index (χ1n) is 9.53. The topological polar surface area (TPSA) is 44.8 Å². The van der Waals surface area contributed by atoms with Gasteiger partial charge in [0.1, 0.15) is 5.75 Å². The standard InChI is InChI=1S/C22H29N3O2/c1-18-8-9-21(27-2)20(14-18)16-24-10-12-25(13-11-24)17-22(26)23-15-19-6-4-3-5-7-19/h3-9,14H,10-13,15-17H2,1-2H3,(H,23,26). The minimum atomic E-state index is 0.0904. The van der Waals surface area contributed by atoms with Gasteiger partial charge in [-0.2, -0.15) is 0 Å². The number of benzene rings is 2. The largest absolute Gasteiger partial charge is 0.496 e. The van der Waals surface area contributed by atoms with E-state index in [1.165, 1.54) is 11.1 Å². The molecule has 0 unspecified atom stereocenters. The van der Waals surface area contributed by atoms with E-state index in [-0.39, 0.29) is 5.91 Å². The highest BCUT2D eigenvalue weighted by atomic mass is 16.5. The van der Waals surface area contributed by atoms with Crippen LogP contribution in [-0.2, 0) is 17.9 Å². The minimum absolute atomic E-state index is 0.0904. The molecule has 1 aliphatic heterocycles. The van der Waals surface area contributed by atoms with Crippen LogP contribution in [0.5, 0.6) is 5.75 Å². The van der Waals surface area contributed by atoms with Crippen LogP contribution in [0.2, 0.25) is 0 Å². The number of nitrogens with one attached hydrogen (secondary N) is 1. The third-order valence-electron chi connectivity index (χ3n) is 4.99. The fourth-order valence-corrected chi connectivity index (χ4v) is 3.43. The van der Waals surface area contributed by atoms with Gasteiger partial charge in [-0.25, -0.2) is 0 Å². The number of aryl methyl sites for hydroxylation is 1. The molecular weight excluding hydrogens is 338 g/mol. The van der Waals surface area contributed by atoms with Crippen molar-refractivity contribution in [1.29, 1.82) is 0 Å². The number of rotatable bonds is 7. The molecule has 5 heteroatoms. The second-order valence-corrected chi connectivity index (χ2v) is 7.13. The van der Waals surface area contributed by atoms with Gasteiger partial charge in [0.05, 0.1) is 13.7 Å². The van der Waals surface area contributed by atoms with E-state index in [4.69, 9.17) is 4.74 Å². The average molecular weight is 367 g/mol. The molecule has 1 amide bonds. The highest BCUT2D eigenvalue weighted by Crippen LogP contribution is 2.22. The van der Waals surface area contributed by atoms with Crippen LogP contribution in [0.3, 0.4) is 0 Å². The van der Waals surface area contributed by atoms with Gasteiger partial charge in [0, 0.05) is 44.8 Å². The van der Waals surface area contributed by atoms with E-state index >= 15 is 0 Å². The number of hydrogen-bond donors (Lipinski definition) is 1. The molecule has 1 heterocycles. The number of carbonyl (C=O) groups excluding carboxylic acids is 1. The quantitative estimate of drug-likeness (QED) is 0.816. The zero-order chi connectivity index (χ0) is 19.1. The van der Waals surface area contributed by atoms with Crippen molar-refractivity contribution in [2.24, 2.45) is 0 Å². The zero-order valence-electron chi connectivity index (χ0n) is 16.3. The maximum atomic E-state index is 12.2. The summed E-state index contributed by atoms with van der Waals surface area (Å²) in [6.07, 6.45) is 0. The maximum Gasteiger partial charge on any atom is 0.234 e. The van der Waals surface area contributed by atoms with Crippen LogP contribution in [0.15, 0.2) is 48.5 Å². The van der Waals surface area contributed by atoms with E-state index in [0.29, 0.717) is 13.1 Å². The van der Waals surface area contributed by atoms with Gasteiger partial charge in [-0.3, -0.25) is 14.6 Å². The summed E-state index contributed by atoms with van der Waals surface area (Å²) >= 11 is 0. The molecule has 0 radical (unpaired) electrons. The van der Waals surface area contributed by atoms with Crippen molar-refractivity contribution in [3.8, 4) is 5.75 Å². The number of nitrogens with zero attached hydrogens (tertiary/aromatic N) is 2. The Labute approximate surface area is 161 Å². The Morgan fingerprint density at radius 1 is 1.04 bits per heavy atom.